The molecule has 0 aliphatic carbocycles. The van der Waals surface area contributed by atoms with Gasteiger partial charge in [0.05, 0.1) is 7.11 Å². The lowest BCUT2D eigenvalue weighted by Crippen LogP contribution is -2.30. The molecule has 0 unspecified atom stereocenters. The lowest BCUT2D eigenvalue weighted by Gasteiger charge is -2.32. The average molecular weight is 191 g/mol. The van der Waals surface area contributed by atoms with Gasteiger partial charge >= 0.3 is 0 Å². The van der Waals surface area contributed by atoms with Gasteiger partial charge in [0.1, 0.15) is 5.75 Å². The van der Waals surface area contributed by atoms with Gasteiger partial charge < -0.3 is 4.74 Å². The summed E-state index contributed by atoms with van der Waals surface area (Å²) < 4.78 is 5.23. The number of likely N-dealkylation sites (N-methyl/N-ethyl adjacent to an activating group) is 1. The summed E-state index contributed by atoms with van der Waals surface area (Å²) in [6.07, 6.45) is 1.13. The first-order valence-corrected chi connectivity index (χ1v) is 5.09. The maximum atomic E-state index is 5.23. The molecule has 0 bridgehead atoms. The van der Waals surface area contributed by atoms with Crippen molar-refractivity contribution >= 4 is 0 Å². The standard InChI is InChI=1S/C12H17NO/c1-9-12-5-4-11(14-3)8-10(12)6-7-13(9)2/h4-5,8-9H,6-7H2,1-3H3/t9-/m1/s1. The molecule has 0 saturated carbocycles. The first-order valence-electron chi connectivity index (χ1n) is 5.09. The molecule has 2 nitrogen and oxygen atoms in total. The van der Waals surface area contributed by atoms with Gasteiger partial charge in [0.2, 0.25) is 0 Å². The molecule has 0 aromatic heterocycles. The quantitative estimate of drug-likeness (QED) is 0.675. The van der Waals surface area contributed by atoms with E-state index in [0.29, 0.717) is 6.04 Å². The second kappa shape index (κ2) is 3.62. The van der Waals surface area contributed by atoms with Gasteiger partial charge in [-0.1, -0.05) is 6.07 Å². The van der Waals surface area contributed by atoms with Crippen molar-refractivity contribution < 1.29 is 4.74 Å². The molecule has 1 aliphatic heterocycles. The maximum absolute atomic E-state index is 5.23. The third kappa shape index (κ3) is 1.50. The van der Waals surface area contributed by atoms with E-state index in [9.17, 15) is 0 Å². The van der Waals surface area contributed by atoms with E-state index in [1.165, 1.54) is 11.1 Å². The highest BCUT2D eigenvalue weighted by Gasteiger charge is 2.20. The SMILES string of the molecule is COc1ccc2c(c1)CCN(C)[C@@H]2C. The van der Waals surface area contributed by atoms with Crippen LogP contribution in [0.2, 0.25) is 0 Å². The van der Waals surface area contributed by atoms with Crippen LogP contribution in [0.25, 0.3) is 0 Å². The number of rotatable bonds is 1. The Morgan fingerprint density at radius 3 is 2.93 bits per heavy atom. The lowest BCUT2D eigenvalue weighted by molar-refractivity contribution is 0.247. The minimum absolute atomic E-state index is 0.532. The third-order valence-electron chi connectivity index (χ3n) is 3.20. The van der Waals surface area contributed by atoms with Gasteiger partial charge in [0, 0.05) is 12.6 Å². The van der Waals surface area contributed by atoms with E-state index in [0.717, 1.165) is 18.7 Å². The highest BCUT2D eigenvalue weighted by molar-refractivity contribution is 5.38. The molecule has 0 fully saturated rings. The van der Waals surface area contributed by atoms with Gasteiger partial charge in [0.15, 0.2) is 0 Å². The Bertz CT molecular complexity index is 335. The smallest absolute Gasteiger partial charge is 0.119 e. The fraction of sp³-hybridized carbons (Fsp3) is 0.500. The normalized spacial score (nSPS) is 21.8. The summed E-state index contributed by atoms with van der Waals surface area (Å²) in [6, 6.07) is 6.94. The summed E-state index contributed by atoms with van der Waals surface area (Å²) in [5.41, 5.74) is 2.88. The van der Waals surface area contributed by atoms with Gasteiger partial charge in [-0.2, -0.15) is 0 Å². The predicted molar refractivity (Wildman–Crippen MR) is 57.7 cm³/mol. The van der Waals surface area contributed by atoms with Crippen LogP contribution in [0.1, 0.15) is 24.1 Å². The Hall–Kier alpha value is -1.02. The molecule has 2 heteroatoms. The monoisotopic (exact) mass is 191 g/mol. The van der Waals surface area contributed by atoms with Crippen LogP contribution in [0.5, 0.6) is 5.75 Å². The van der Waals surface area contributed by atoms with Crippen molar-refractivity contribution in [3.05, 3.63) is 29.3 Å². The number of hydrogen-bond donors (Lipinski definition) is 0. The Morgan fingerprint density at radius 1 is 1.43 bits per heavy atom. The molecule has 2 rings (SSSR count). The first kappa shape index (κ1) is 9.53. The second-order valence-corrected chi connectivity index (χ2v) is 3.97. The van der Waals surface area contributed by atoms with Gasteiger partial charge in [0.25, 0.3) is 0 Å². The molecule has 0 spiro atoms. The molecule has 1 heterocycles. The van der Waals surface area contributed by atoms with Crippen LogP contribution in [0.3, 0.4) is 0 Å². The Labute approximate surface area is 85.5 Å². The largest absolute Gasteiger partial charge is 0.497 e. The fourth-order valence-corrected chi connectivity index (χ4v) is 2.06. The van der Waals surface area contributed by atoms with Gasteiger partial charge in [-0.3, -0.25) is 4.90 Å². The molecule has 0 amide bonds. The van der Waals surface area contributed by atoms with Crippen LogP contribution < -0.4 is 4.74 Å². The van der Waals surface area contributed by atoms with E-state index < -0.39 is 0 Å². The summed E-state index contributed by atoms with van der Waals surface area (Å²) >= 11 is 0. The second-order valence-electron chi connectivity index (χ2n) is 3.97. The minimum Gasteiger partial charge on any atom is -0.497 e. The highest BCUT2D eigenvalue weighted by Crippen LogP contribution is 2.30. The van der Waals surface area contributed by atoms with E-state index in [1.54, 1.807) is 7.11 Å². The number of benzene rings is 1. The number of methoxy groups -OCH3 is 1. The Morgan fingerprint density at radius 2 is 2.21 bits per heavy atom. The number of hydrogen-bond acceptors (Lipinski definition) is 2. The molecule has 0 N–H and O–H groups in total. The molecule has 0 saturated heterocycles. The zero-order valence-corrected chi connectivity index (χ0v) is 9.08. The van der Waals surface area contributed by atoms with Crippen molar-refractivity contribution in [3.8, 4) is 5.75 Å². The molecule has 0 radical (unpaired) electrons. The van der Waals surface area contributed by atoms with Crippen LogP contribution in [-0.4, -0.2) is 25.6 Å². The van der Waals surface area contributed by atoms with E-state index in [2.05, 4.69) is 37.1 Å². The van der Waals surface area contributed by atoms with Crippen LogP contribution >= 0.6 is 0 Å². The summed E-state index contributed by atoms with van der Waals surface area (Å²) in [6.45, 7) is 3.39. The average Bonchev–Trinajstić information content (AvgIpc) is 2.23. The predicted octanol–water partition coefficient (Wildman–Crippen LogP) is 2.24. The molecular weight excluding hydrogens is 174 g/mol. The van der Waals surface area contributed by atoms with Crippen LogP contribution in [-0.2, 0) is 6.42 Å². The Kier molecular flexibility index (Phi) is 2.46. The van der Waals surface area contributed by atoms with E-state index in [4.69, 9.17) is 4.74 Å². The summed E-state index contributed by atoms with van der Waals surface area (Å²) in [5, 5.41) is 0. The molecule has 1 aromatic rings. The number of fused-ring (bicyclic) bond motifs is 1. The topological polar surface area (TPSA) is 12.5 Å². The Balaban J connectivity index is 2.38. The molecule has 1 atom stereocenters. The van der Waals surface area contributed by atoms with Crippen LogP contribution in [0.4, 0.5) is 0 Å². The van der Waals surface area contributed by atoms with Gasteiger partial charge in [-0.25, -0.2) is 0 Å². The van der Waals surface area contributed by atoms with Crippen molar-refractivity contribution in [1.29, 1.82) is 0 Å². The lowest BCUT2D eigenvalue weighted by atomic mass is 9.94. The van der Waals surface area contributed by atoms with E-state index in [-0.39, 0.29) is 0 Å². The van der Waals surface area contributed by atoms with Crippen molar-refractivity contribution in [2.45, 2.75) is 19.4 Å². The van der Waals surface area contributed by atoms with E-state index in [1.807, 2.05) is 0 Å². The number of ether oxygens (including phenoxy) is 1. The minimum atomic E-state index is 0.532. The molecule has 1 aliphatic rings. The summed E-state index contributed by atoms with van der Waals surface area (Å²) in [5.74, 6) is 0.973. The van der Waals surface area contributed by atoms with Gasteiger partial charge in [-0.05, 0) is 43.7 Å². The molecule has 1 aromatic carbocycles. The molecule has 76 valence electrons. The first-order chi connectivity index (χ1) is 6.72. The van der Waals surface area contributed by atoms with Crippen molar-refractivity contribution in [2.75, 3.05) is 20.7 Å². The third-order valence-corrected chi connectivity index (χ3v) is 3.20. The van der Waals surface area contributed by atoms with Crippen molar-refractivity contribution in [2.24, 2.45) is 0 Å². The summed E-state index contributed by atoms with van der Waals surface area (Å²) in [7, 11) is 3.90. The van der Waals surface area contributed by atoms with Crippen molar-refractivity contribution in [3.63, 3.8) is 0 Å². The zero-order valence-electron chi connectivity index (χ0n) is 9.08. The van der Waals surface area contributed by atoms with Crippen LogP contribution in [0.15, 0.2) is 18.2 Å². The highest BCUT2D eigenvalue weighted by atomic mass is 16.5. The maximum Gasteiger partial charge on any atom is 0.119 e. The molecular formula is C12H17NO. The number of nitrogens with zero attached hydrogens (tertiary/aromatic N) is 1. The summed E-state index contributed by atoms with van der Waals surface area (Å²) in [4.78, 5) is 2.38. The fourth-order valence-electron chi connectivity index (χ4n) is 2.06. The zero-order chi connectivity index (χ0) is 10.1. The van der Waals surface area contributed by atoms with Gasteiger partial charge in [-0.15, -0.1) is 0 Å². The van der Waals surface area contributed by atoms with Crippen LogP contribution in [0, 0.1) is 0 Å². The van der Waals surface area contributed by atoms with E-state index >= 15 is 0 Å². The van der Waals surface area contributed by atoms with Crippen molar-refractivity contribution in [1.82, 2.24) is 4.90 Å². The molecule has 14 heavy (non-hydrogen) atoms.